The van der Waals surface area contributed by atoms with Crippen molar-refractivity contribution < 1.29 is 51.0 Å². The molecule has 1 aromatic rings. The number of carbonyl (C=O) groups excluding carboxylic acids is 3. The van der Waals surface area contributed by atoms with Crippen molar-refractivity contribution in [1.29, 1.82) is 0 Å². The summed E-state index contributed by atoms with van der Waals surface area (Å²) in [6.45, 7) is 10.7. The van der Waals surface area contributed by atoms with E-state index < -0.39 is 29.9 Å². The van der Waals surface area contributed by atoms with Gasteiger partial charge in [0.15, 0.2) is 11.6 Å². The van der Waals surface area contributed by atoms with E-state index in [1.807, 2.05) is 20.8 Å². The summed E-state index contributed by atoms with van der Waals surface area (Å²) in [5, 5.41) is 18.4. The summed E-state index contributed by atoms with van der Waals surface area (Å²) in [6, 6.07) is 3.21. The maximum atomic E-state index is 11.7. The van der Waals surface area contributed by atoms with E-state index in [9.17, 15) is 24.3 Å². The van der Waals surface area contributed by atoms with Crippen LogP contribution in [0.5, 0.6) is 11.5 Å². The Bertz CT molecular complexity index is 1420. The third-order valence-electron chi connectivity index (χ3n) is 5.64. The molecule has 0 spiro atoms. The summed E-state index contributed by atoms with van der Waals surface area (Å²) >= 11 is 2.89. The Labute approximate surface area is 257 Å². The van der Waals surface area contributed by atoms with Gasteiger partial charge in [-0.25, -0.2) is 0 Å². The van der Waals surface area contributed by atoms with E-state index in [-0.39, 0.29) is 35.1 Å². The number of benzene rings is 1. The van der Waals surface area contributed by atoms with Crippen molar-refractivity contribution in [2.24, 2.45) is 5.41 Å². The van der Waals surface area contributed by atoms with Gasteiger partial charge in [0.05, 0.1) is 12.8 Å². The molecule has 39 heavy (non-hydrogen) atoms. The summed E-state index contributed by atoms with van der Waals surface area (Å²) in [5.41, 5.74) is 1.29. The van der Waals surface area contributed by atoms with Crippen molar-refractivity contribution >= 4 is 85.6 Å². The zero-order valence-electron chi connectivity index (χ0n) is 23.1. The molecular weight excluding hydrogens is 574 g/mol. The molecule has 11 nitrogen and oxygen atoms in total. The first-order valence-corrected chi connectivity index (χ1v) is 22.4. The van der Waals surface area contributed by atoms with E-state index in [1.54, 1.807) is 32.9 Å². The van der Waals surface area contributed by atoms with E-state index in [2.05, 4.69) is 0 Å². The van der Waals surface area contributed by atoms with Crippen molar-refractivity contribution in [2.45, 2.75) is 59.8 Å². The van der Waals surface area contributed by atoms with Crippen molar-refractivity contribution in [3.05, 3.63) is 46.6 Å². The van der Waals surface area contributed by atoms with Crippen LogP contribution in [0.1, 0.15) is 58.6 Å². The van der Waals surface area contributed by atoms with Crippen molar-refractivity contribution in [1.82, 2.24) is 0 Å². The minimum absolute atomic E-state index is 0.174. The SMILES string of the molecule is CC1=C(C(C)(C)CC(=O)O)C(=O)C=CC1=O.Cc1c(O)ccc2c1C(C)(C)CC(=O)O2.O=S(=O)=S(=O)=O.[Na][Na]. The van der Waals surface area contributed by atoms with Crippen LogP contribution in [0.3, 0.4) is 0 Å². The Kier molecular flexibility index (Phi) is 15.4. The third-order valence-corrected chi connectivity index (χ3v) is 6.53. The number of hydrogen-bond donors (Lipinski definition) is 2. The van der Waals surface area contributed by atoms with Crippen LogP contribution in [0, 0.1) is 12.3 Å². The molecule has 1 heterocycles. The van der Waals surface area contributed by atoms with E-state index in [0.29, 0.717) is 23.3 Å². The number of ether oxygens (including phenoxy) is 1. The molecule has 2 aliphatic rings. The number of phenolic OH excluding ortho intramolecular Hbond substituents is 1. The molecule has 1 aliphatic heterocycles. The van der Waals surface area contributed by atoms with Crippen LogP contribution in [-0.2, 0) is 43.1 Å². The number of carboxylic acid groups (broad SMARTS) is 1. The molecule has 1 aliphatic carbocycles. The van der Waals surface area contributed by atoms with Gasteiger partial charge in [-0.3, -0.25) is 19.2 Å². The second-order valence-corrected chi connectivity index (χ2v) is 12.0. The average Bonchev–Trinajstić information content (AvgIpc) is 2.79. The first-order chi connectivity index (χ1) is 17.8. The van der Waals surface area contributed by atoms with E-state index in [0.717, 1.165) is 11.1 Å². The first-order valence-electron chi connectivity index (χ1n) is 11.7. The Morgan fingerprint density at radius 3 is 1.95 bits per heavy atom. The van der Waals surface area contributed by atoms with Crippen LogP contribution in [0.4, 0.5) is 0 Å². The van der Waals surface area contributed by atoms with Gasteiger partial charge < -0.3 is 14.9 Å². The first kappa shape index (κ1) is 37.4. The number of hydrogen-bond acceptors (Lipinski definition) is 10. The molecular formula is C24H28Na2O11S2. The van der Waals surface area contributed by atoms with Crippen molar-refractivity contribution in [2.75, 3.05) is 0 Å². The van der Waals surface area contributed by atoms with Gasteiger partial charge in [0.2, 0.25) is 0 Å². The second kappa shape index (κ2) is 16.0. The Morgan fingerprint density at radius 1 is 1.00 bits per heavy atom. The molecule has 0 radical (unpaired) electrons. The van der Waals surface area contributed by atoms with Crippen molar-refractivity contribution in [3.8, 4) is 11.5 Å². The number of aromatic hydroxyl groups is 1. The van der Waals surface area contributed by atoms with Gasteiger partial charge in [-0.1, -0.05) is 27.7 Å². The van der Waals surface area contributed by atoms with E-state index in [4.69, 9.17) is 26.7 Å². The molecule has 1 aromatic carbocycles. The number of aliphatic carboxylic acids is 1. The number of carboxylic acids is 1. The Morgan fingerprint density at radius 2 is 1.49 bits per heavy atom. The number of ketones is 2. The summed E-state index contributed by atoms with van der Waals surface area (Å²) in [6.07, 6.45) is 2.60. The zero-order chi connectivity index (χ0) is 30.9. The van der Waals surface area contributed by atoms with Gasteiger partial charge in [0, 0.05) is 27.5 Å². The van der Waals surface area contributed by atoms with Gasteiger partial charge in [-0.2, -0.15) is 16.8 Å². The molecule has 2 N–H and O–H groups in total. The fourth-order valence-corrected chi connectivity index (χ4v) is 4.19. The monoisotopic (exact) mass is 602 g/mol. The molecule has 3 rings (SSSR count). The second-order valence-electron chi connectivity index (χ2n) is 9.54. The maximum absolute atomic E-state index is 11.7. The van der Waals surface area contributed by atoms with Crippen LogP contribution < -0.4 is 4.74 Å². The van der Waals surface area contributed by atoms with Gasteiger partial charge in [-0.05, 0) is 43.7 Å². The normalized spacial score (nSPS) is 15.3. The van der Waals surface area contributed by atoms with Gasteiger partial charge in [0.1, 0.15) is 11.5 Å². The topological polar surface area (TPSA) is 186 Å². The molecule has 0 unspecified atom stereocenters. The quantitative estimate of drug-likeness (QED) is 0.222. The fraction of sp³-hybridized carbons (Fsp3) is 0.417. The number of fused-ring (bicyclic) bond motifs is 1. The van der Waals surface area contributed by atoms with E-state index >= 15 is 0 Å². The van der Waals surface area contributed by atoms with Crippen molar-refractivity contribution in [3.63, 3.8) is 0 Å². The number of allylic oxidation sites excluding steroid dienone is 4. The third kappa shape index (κ3) is 11.1. The van der Waals surface area contributed by atoms with Crippen LogP contribution in [-0.4, -0.2) is 94.2 Å². The molecule has 0 saturated carbocycles. The summed E-state index contributed by atoms with van der Waals surface area (Å²) < 4.78 is 41.5. The molecule has 0 bridgehead atoms. The molecule has 0 saturated heterocycles. The van der Waals surface area contributed by atoms with Gasteiger partial charge in [-0.15, -0.1) is 0 Å². The minimum atomic E-state index is -2.95. The molecule has 0 atom stereocenters. The molecule has 0 aromatic heterocycles. The molecule has 204 valence electrons. The number of esters is 1. The van der Waals surface area contributed by atoms with Gasteiger partial charge >= 0.3 is 74.1 Å². The molecule has 0 amide bonds. The van der Waals surface area contributed by atoms with Gasteiger partial charge in [0.25, 0.3) is 0 Å². The Balaban J connectivity index is 0.000000586. The van der Waals surface area contributed by atoms with Crippen LogP contribution in [0.15, 0.2) is 35.4 Å². The number of rotatable bonds is 3. The summed E-state index contributed by atoms with van der Waals surface area (Å²) in [4.78, 5) is 45.2. The average molecular weight is 603 g/mol. The van der Waals surface area contributed by atoms with Crippen LogP contribution in [0.25, 0.3) is 0 Å². The van der Waals surface area contributed by atoms with E-state index in [1.165, 1.54) is 55.8 Å². The number of carbonyl (C=O) groups is 4. The van der Waals surface area contributed by atoms with Crippen LogP contribution in [0.2, 0.25) is 0 Å². The predicted octanol–water partition coefficient (Wildman–Crippen LogP) is 1.70. The fourth-order valence-electron chi connectivity index (χ4n) is 4.19. The predicted molar refractivity (Wildman–Crippen MR) is 143 cm³/mol. The molecule has 0 fully saturated rings. The summed E-state index contributed by atoms with van der Waals surface area (Å²) in [5.74, 6) is -0.875. The Hall–Kier alpha value is -1.58. The number of phenols is 1. The zero-order valence-corrected chi connectivity index (χ0v) is 28.7. The van der Waals surface area contributed by atoms with Crippen LogP contribution >= 0.6 is 0 Å². The standard InChI is InChI=1S/C12H14O4.C12H14O3.2Na.O4S2/c1-7-8(13)4-5-9(14)11(7)12(2,3)6-10(15)16;1-7-8(13)4-5-9-11(7)12(2,3)6-10(14)15-9;;;1-5(2)6(3)4/h4-5H,6H2,1-3H3,(H,15,16);4-5,13H,6H2,1-3H3;;;. The summed E-state index contributed by atoms with van der Waals surface area (Å²) in [7, 11) is -5.90. The molecule has 15 heteroatoms.